The van der Waals surface area contributed by atoms with Crippen molar-refractivity contribution < 1.29 is 14.4 Å². The van der Waals surface area contributed by atoms with E-state index in [1.165, 1.54) is 4.68 Å². The third kappa shape index (κ3) is 5.37. The van der Waals surface area contributed by atoms with Crippen molar-refractivity contribution in [2.45, 2.75) is 39.8 Å². The Morgan fingerprint density at radius 3 is 2.21 bits per heavy atom. The molecule has 2 N–H and O–H groups in total. The zero-order chi connectivity index (χ0) is 27.5. The fourth-order valence-electron chi connectivity index (χ4n) is 5.25. The molecule has 0 bridgehead atoms. The molecule has 0 saturated carbocycles. The zero-order valence-corrected chi connectivity index (χ0v) is 22.7. The van der Waals surface area contributed by atoms with E-state index in [9.17, 15) is 14.4 Å². The van der Waals surface area contributed by atoms with Crippen molar-refractivity contribution in [2.75, 3.05) is 48.8 Å². The Morgan fingerprint density at radius 2 is 1.59 bits per heavy atom. The van der Waals surface area contributed by atoms with Crippen LogP contribution in [0.5, 0.6) is 0 Å². The molecule has 10 nitrogen and oxygen atoms in total. The first-order valence-corrected chi connectivity index (χ1v) is 13.5. The summed E-state index contributed by atoms with van der Waals surface area (Å²) in [5.41, 5.74) is 5.84. The van der Waals surface area contributed by atoms with Gasteiger partial charge in [-0.25, -0.2) is 9.48 Å². The van der Waals surface area contributed by atoms with Crippen molar-refractivity contribution in [1.82, 2.24) is 19.6 Å². The van der Waals surface area contributed by atoms with E-state index in [2.05, 4.69) is 46.4 Å². The molecule has 1 saturated heterocycles. The molecular weight excluding hydrogens is 494 g/mol. The Balaban J connectivity index is 1.28. The summed E-state index contributed by atoms with van der Waals surface area (Å²) in [5, 5.41) is 10.2. The number of para-hydroxylation sites is 1. The second kappa shape index (κ2) is 11.3. The normalized spacial score (nSPS) is 15.3. The van der Waals surface area contributed by atoms with Crippen LogP contribution >= 0.6 is 0 Å². The third-order valence-corrected chi connectivity index (χ3v) is 7.66. The van der Waals surface area contributed by atoms with Crippen LogP contribution in [0.1, 0.15) is 46.6 Å². The van der Waals surface area contributed by atoms with Gasteiger partial charge in [-0.15, -0.1) is 5.10 Å². The first kappa shape index (κ1) is 26.4. The van der Waals surface area contributed by atoms with Crippen molar-refractivity contribution in [2.24, 2.45) is 0 Å². The standard InChI is InChI=1S/C29H35N7O3/c1-4-20-7-6-8-21(5-2)26(20)30-29(39)35-17-24-25(18-35)36(19-37)32-27(24)31-28(38)22-9-11-23(12-10-22)34-15-13-33(3)14-16-34/h6-12,19H,4-5,13-18H2,1-3H3,(H,30,39)(H,31,32,38). The number of nitrogens with zero attached hydrogens (tertiary/aromatic N) is 5. The van der Waals surface area contributed by atoms with E-state index >= 15 is 0 Å². The van der Waals surface area contributed by atoms with Crippen LogP contribution in [0.3, 0.4) is 0 Å². The molecule has 5 rings (SSSR count). The number of aryl methyl sites for hydroxylation is 2. The molecule has 3 amide bonds. The summed E-state index contributed by atoms with van der Waals surface area (Å²) >= 11 is 0. The largest absolute Gasteiger partial charge is 0.369 e. The highest BCUT2D eigenvalue weighted by molar-refractivity contribution is 6.04. The molecule has 1 aromatic heterocycles. The molecule has 3 aromatic rings. The van der Waals surface area contributed by atoms with Gasteiger partial charge in [0.1, 0.15) is 0 Å². The van der Waals surface area contributed by atoms with Gasteiger partial charge in [-0.1, -0.05) is 32.0 Å². The molecular formula is C29H35N7O3. The molecule has 3 heterocycles. The Hall–Kier alpha value is -4.18. The first-order valence-electron chi connectivity index (χ1n) is 13.5. The predicted octanol–water partition coefficient (Wildman–Crippen LogP) is 3.60. The minimum Gasteiger partial charge on any atom is -0.369 e. The molecule has 10 heteroatoms. The molecule has 39 heavy (non-hydrogen) atoms. The number of aromatic nitrogens is 2. The summed E-state index contributed by atoms with van der Waals surface area (Å²) < 4.78 is 1.20. The average molecular weight is 530 g/mol. The highest BCUT2D eigenvalue weighted by Gasteiger charge is 2.32. The Bertz CT molecular complexity index is 1350. The number of anilines is 3. The minimum absolute atomic E-state index is 0.220. The van der Waals surface area contributed by atoms with Crippen LogP contribution < -0.4 is 15.5 Å². The number of likely N-dealkylation sites (N-methyl/N-ethyl adjacent to an activating group) is 1. The van der Waals surface area contributed by atoms with E-state index in [0.29, 0.717) is 29.0 Å². The molecule has 0 spiro atoms. The second-order valence-corrected chi connectivity index (χ2v) is 10.1. The van der Waals surface area contributed by atoms with Crippen LogP contribution in [0, 0.1) is 0 Å². The lowest BCUT2D eigenvalue weighted by Crippen LogP contribution is -2.44. The number of urea groups is 1. The quantitative estimate of drug-likeness (QED) is 0.454. The van der Waals surface area contributed by atoms with E-state index in [-0.39, 0.29) is 25.0 Å². The Labute approximate surface area is 228 Å². The van der Waals surface area contributed by atoms with Gasteiger partial charge >= 0.3 is 6.03 Å². The monoisotopic (exact) mass is 529 g/mol. The van der Waals surface area contributed by atoms with Crippen LogP contribution in [0.25, 0.3) is 0 Å². The van der Waals surface area contributed by atoms with Crippen LogP contribution in [0.4, 0.5) is 22.0 Å². The smallest absolute Gasteiger partial charge is 0.322 e. The summed E-state index contributed by atoms with van der Waals surface area (Å²) in [4.78, 5) is 44.3. The second-order valence-electron chi connectivity index (χ2n) is 10.1. The van der Waals surface area contributed by atoms with Crippen LogP contribution in [0.2, 0.25) is 0 Å². The number of piperazine rings is 1. The van der Waals surface area contributed by atoms with E-state index < -0.39 is 0 Å². The first-order chi connectivity index (χ1) is 18.9. The summed E-state index contributed by atoms with van der Waals surface area (Å²) in [6, 6.07) is 13.3. The lowest BCUT2D eigenvalue weighted by atomic mass is 10.0. The molecule has 0 atom stereocenters. The van der Waals surface area contributed by atoms with Gasteiger partial charge in [0.2, 0.25) is 6.41 Å². The summed E-state index contributed by atoms with van der Waals surface area (Å²) in [6.45, 7) is 8.49. The topological polar surface area (TPSA) is 103 Å². The SMILES string of the molecule is CCc1cccc(CC)c1NC(=O)N1Cc2c(NC(=O)c3ccc(N4CCN(C)CC4)cc3)nn(C=O)c2C1. The number of nitrogens with one attached hydrogen (secondary N) is 2. The van der Waals surface area contributed by atoms with Gasteiger partial charge in [-0.2, -0.15) is 0 Å². The molecule has 0 unspecified atom stereocenters. The van der Waals surface area contributed by atoms with E-state index in [1.54, 1.807) is 17.0 Å². The van der Waals surface area contributed by atoms with Crippen molar-refractivity contribution in [3.63, 3.8) is 0 Å². The van der Waals surface area contributed by atoms with Crippen molar-refractivity contribution in [1.29, 1.82) is 0 Å². The van der Waals surface area contributed by atoms with Crippen molar-refractivity contribution >= 4 is 35.5 Å². The Kier molecular flexibility index (Phi) is 7.65. The molecule has 2 aromatic carbocycles. The fourth-order valence-corrected chi connectivity index (χ4v) is 5.25. The predicted molar refractivity (Wildman–Crippen MR) is 152 cm³/mol. The van der Waals surface area contributed by atoms with E-state index in [4.69, 9.17) is 0 Å². The average Bonchev–Trinajstić information content (AvgIpc) is 3.54. The van der Waals surface area contributed by atoms with Gasteiger partial charge in [-0.3, -0.25) is 9.59 Å². The maximum atomic E-state index is 13.3. The minimum atomic E-state index is -0.314. The summed E-state index contributed by atoms with van der Waals surface area (Å²) in [7, 11) is 2.12. The number of carbonyl (C=O) groups is 3. The molecule has 1 fully saturated rings. The number of fused-ring (bicyclic) bond motifs is 1. The lowest BCUT2D eigenvalue weighted by molar-refractivity contribution is 0.102. The van der Waals surface area contributed by atoms with Gasteiger partial charge in [0.25, 0.3) is 5.91 Å². The number of rotatable bonds is 7. The number of benzene rings is 2. The lowest BCUT2D eigenvalue weighted by Gasteiger charge is -2.34. The van der Waals surface area contributed by atoms with Crippen molar-refractivity contribution in [3.05, 3.63) is 70.4 Å². The summed E-state index contributed by atoms with van der Waals surface area (Å²) in [5.74, 6) is -0.0191. The highest BCUT2D eigenvalue weighted by atomic mass is 16.2. The van der Waals surface area contributed by atoms with E-state index in [1.807, 2.05) is 30.3 Å². The van der Waals surface area contributed by atoms with Gasteiger partial charge in [0.15, 0.2) is 5.82 Å². The molecule has 2 aliphatic rings. The summed E-state index contributed by atoms with van der Waals surface area (Å²) in [6.07, 6.45) is 2.20. The number of hydrogen-bond donors (Lipinski definition) is 2. The fraction of sp³-hybridized carbons (Fsp3) is 0.379. The van der Waals surface area contributed by atoms with Gasteiger partial charge in [-0.05, 0) is 55.3 Å². The van der Waals surface area contributed by atoms with E-state index in [0.717, 1.165) is 61.5 Å². The van der Waals surface area contributed by atoms with Gasteiger partial charge in [0, 0.05) is 48.7 Å². The van der Waals surface area contributed by atoms with Gasteiger partial charge < -0.3 is 25.3 Å². The molecule has 0 aliphatic carbocycles. The van der Waals surface area contributed by atoms with Crippen LogP contribution in [0.15, 0.2) is 42.5 Å². The Morgan fingerprint density at radius 1 is 0.923 bits per heavy atom. The maximum Gasteiger partial charge on any atom is 0.322 e. The number of hydrogen-bond acceptors (Lipinski definition) is 6. The maximum absolute atomic E-state index is 13.3. The molecule has 204 valence electrons. The van der Waals surface area contributed by atoms with Crippen LogP contribution in [-0.2, 0) is 30.7 Å². The highest BCUT2D eigenvalue weighted by Crippen LogP contribution is 2.31. The van der Waals surface area contributed by atoms with Gasteiger partial charge in [0.05, 0.1) is 18.8 Å². The van der Waals surface area contributed by atoms with Crippen LogP contribution in [-0.4, -0.2) is 71.2 Å². The third-order valence-electron chi connectivity index (χ3n) is 7.66. The number of amides is 3. The van der Waals surface area contributed by atoms with Crippen molar-refractivity contribution in [3.8, 4) is 0 Å². The molecule has 0 radical (unpaired) electrons. The molecule has 2 aliphatic heterocycles. The number of carbonyl (C=O) groups excluding carboxylic acids is 3. The zero-order valence-electron chi connectivity index (χ0n) is 22.7.